The van der Waals surface area contributed by atoms with Crippen LogP contribution in [0.2, 0.25) is 0 Å². The van der Waals surface area contributed by atoms with Crippen molar-refractivity contribution < 1.29 is 9.59 Å². The van der Waals surface area contributed by atoms with E-state index >= 15 is 0 Å². The van der Waals surface area contributed by atoms with E-state index in [4.69, 9.17) is 0 Å². The molecule has 0 spiro atoms. The Hall–Kier alpha value is -2.66. The summed E-state index contributed by atoms with van der Waals surface area (Å²) in [6, 6.07) is 15.6. The van der Waals surface area contributed by atoms with E-state index in [2.05, 4.69) is 17.3 Å². The number of likely N-dealkylation sites (tertiary alicyclic amines) is 1. The van der Waals surface area contributed by atoms with Gasteiger partial charge in [-0.25, -0.2) is 0 Å². The number of carbonyl (C=O) groups excluding carboxylic acids is 2. The van der Waals surface area contributed by atoms with Crippen LogP contribution in [0.15, 0.2) is 48.5 Å². The molecule has 1 fully saturated rings. The van der Waals surface area contributed by atoms with Crippen LogP contribution in [0.4, 0.5) is 0 Å². The number of hydrogen-bond donors (Lipinski definition) is 1. The molecule has 3 rings (SSSR count). The van der Waals surface area contributed by atoms with Gasteiger partial charge >= 0.3 is 0 Å². The van der Waals surface area contributed by atoms with Crippen molar-refractivity contribution in [2.24, 2.45) is 0 Å². The lowest BCUT2D eigenvalue weighted by Gasteiger charge is -2.18. The molecule has 0 atom stereocenters. The second-order valence-electron chi connectivity index (χ2n) is 7.14. The maximum absolute atomic E-state index is 12.4. The van der Waals surface area contributed by atoms with E-state index in [0.29, 0.717) is 5.56 Å². The molecule has 2 amide bonds. The van der Waals surface area contributed by atoms with Gasteiger partial charge in [0.1, 0.15) is 0 Å². The van der Waals surface area contributed by atoms with E-state index in [9.17, 15) is 9.59 Å². The SMILES string of the molecule is CNC(=O)c1ccc(CN(C)Cc2ccc(C(=O)N3CCCC3)cc2)cc1. The number of carbonyl (C=O) groups is 2. The van der Waals surface area contributed by atoms with Crippen LogP contribution in [0.5, 0.6) is 0 Å². The van der Waals surface area contributed by atoms with Crippen molar-refractivity contribution in [3.05, 3.63) is 70.8 Å². The first-order valence-electron chi connectivity index (χ1n) is 9.44. The molecule has 1 N–H and O–H groups in total. The zero-order valence-corrected chi connectivity index (χ0v) is 16.1. The molecule has 1 aliphatic rings. The molecule has 1 saturated heterocycles. The Morgan fingerprint density at radius 2 is 1.37 bits per heavy atom. The summed E-state index contributed by atoms with van der Waals surface area (Å²) in [6.45, 7) is 3.35. The Morgan fingerprint density at radius 1 is 0.889 bits per heavy atom. The minimum absolute atomic E-state index is 0.0709. The highest BCUT2D eigenvalue weighted by Gasteiger charge is 2.19. The lowest BCUT2D eigenvalue weighted by molar-refractivity contribution is 0.0792. The molecule has 5 heteroatoms. The second kappa shape index (κ2) is 8.82. The van der Waals surface area contributed by atoms with Crippen LogP contribution in [-0.2, 0) is 13.1 Å². The Labute approximate surface area is 161 Å². The second-order valence-corrected chi connectivity index (χ2v) is 7.14. The molecule has 0 saturated carbocycles. The molecule has 142 valence electrons. The molecule has 1 aliphatic heterocycles. The van der Waals surface area contributed by atoms with Crippen molar-refractivity contribution in [2.75, 3.05) is 27.2 Å². The third-order valence-electron chi connectivity index (χ3n) is 4.94. The van der Waals surface area contributed by atoms with Crippen molar-refractivity contribution in [1.29, 1.82) is 0 Å². The van der Waals surface area contributed by atoms with E-state index in [0.717, 1.165) is 50.1 Å². The third-order valence-corrected chi connectivity index (χ3v) is 4.94. The number of nitrogens with one attached hydrogen (secondary N) is 1. The fourth-order valence-corrected chi connectivity index (χ4v) is 3.44. The number of rotatable bonds is 6. The average Bonchev–Trinajstić information content (AvgIpc) is 3.23. The maximum Gasteiger partial charge on any atom is 0.253 e. The smallest absolute Gasteiger partial charge is 0.253 e. The van der Waals surface area contributed by atoms with Gasteiger partial charge in [0, 0.05) is 44.4 Å². The summed E-state index contributed by atoms with van der Waals surface area (Å²) in [4.78, 5) is 28.2. The monoisotopic (exact) mass is 365 g/mol. The van der Waals surface area contributed by atoms with Gasteiger partial charge in [-0.15, -0.1) is 0 Å². The van der Waals surface area contributed by atoms with Gasteiger partial charge in [0.25, 0.3) is 11.8 Å². The van der Waals surface area contributed by atoms with Gasteiger partial charge in [-0.05, 0) is 55.3 Å². The molecule has 2 aromatic rings. The molecule has 0 radical (unpaired) electrons. The van der Waals surface area contributed by atoms with Gasteiger partial charge < -0.3 is 10.2 Å². The molecule has 1 heterocycles. The van der Waals surface area contributed by atoms with Crippen LogP contribution in [-0.4, -0.2) is 48.8 Å². The fourth-order valence-electron chi connectivity index (χ4n) is 3.44. The van der Waals surface area contributed by atoms with Crippen molar-refractivity contribution in [3.63, 3.8) is 0 Å². The van der Waals surface area contributed by atoms with Gasteiger partial charge in [0.2, 0.25) is 0 Å². The predicted molar refractivity (Wildman–Crippen MR) is 107 cm³/mol. The molecule has 2 aromatic carbocycles. The molecule has 0 aromatic heterocycles. The zero-order chi connectivity index (χ0) is 19.2. The molecular formula is C22H27N3O2. The summed E-state index contributed by atoms with van der Waals surface area (Å²) in [6.07, 6.45) is 2.22. The quantitative estimate of drug-likeness (QED) is 0.856. The van der Waals surface area contributed by atoms with E-state index in [1.807, 2.05) is 53.4 Å². The summed E-state index contributed by atoms with van der Waals surface area (Å²) >= 11 is 0. The molecule has 0 unspecified atom stereocenters. The van der Waals surface area contributed by atoms with Gasteiger partial charge in [0.05, 0.1) is 0 Å². The van der Waals surface area contributed by atoms with Crippen molar-refractivity contribution in [1.82, 2.24) is 15.1 Å². The topological polar surface area (TPSA) is 52.7 Å². The van der Waals surface area contributed by atoms with Crippen LogP contribution in [0.1, 0.15) is 44.7 Å². The summed E-state index contributed by atoms with van der Waals surface area (Å²) in [5, 5.41) is 2.63. The largest absolute Gasteiger partial charge is 0.355 e. The number of amides is 2. The normalized spacial score (nSPS) is 13.8. The first-order valence-corrected chi connectivity index (χ1v) is 9.44. The van der Waals surface area contributed by atoms with E-state index in [1.54, 1.807) is 7.05 Å². The summed E-state index contributed by atoms with van der Waals surface area (Å²) in [5.41, 5.74) is 3.78. The van der Waals surface area contributed by atoms with Gasteiger partial charge in [0.15, 0.2) is 0 Å². The van der Waals surface area contributed by atoms with Gasteiger partial charge in [-0.2, -0.15) is 0 Å². The molecular weight excluding hydrogens is 338 g/mol. The highest BCUT2D eigenvalue weighted by Crippen LogP contribution is 2.15. The van der Waals surface area contributed by atoms with E-state index < -0.39 is 0 Å². The Balaban J connectivity index is 1.55. The van der Waals surface area contributed by atoms with E-state index in [1.165, 1.54) is 5.56 Å². The number of nitrogens with zero attached hydrogens (tertiary/aromatic N) is 2. The molecule has 27 heavy (non-hydrogen) atoms. The van der Waals surface area contributed by atoms with Crippen molar-refractivity contribution in [2.45, 2.75) is 25.9 Å². The van der Waals surface area contributed by atoms with Crippen LogP contribution >= 0.6 is 0 Å². The van der Waals surface area contributed by atoms with E-state index in [-0.39, 0.29) is 11.8 Å². The average molecular weight is 365 g/mol. The molecule has 0 aliphatic carbocycles. The first kappa shape index (κ1) is 19.1. The van der Waals surface area contributed by atoms with Crippen LogP contribution < -0.4 is 5.32 Å². The number of hydrogen-bond acceptors (Lipinski definition) is 3. The highest BCUT2D eigenvalue weighted by molar-refractivity contribution is 5.94. The Kier molecular flexibility index (Phi) is 6.24. The molecule has 0 bridgehead atoms. The minimum atomic E-state index is -0.0709. The van der Waals surface area contributed by atoms with Gasteiger partial charge in [-0.1, -0.05) is 24.3 Å². The fraction of sp³-hybridized carbons (Fsp3) is 0.364. The lowest BCUT2D eigenvalue weighted by atomic mass is 10.1. The van der Waals surface area contributed by atoms with Crippen molar-refractivity contribution >= 4 is 11.8 Å². The summed E-state index contributed by atoms with van der Waals surface area (Å²) < 4.78 is 0. The third kappa shape index (κ3) is 4.95. The Bertz CT molecular complexity index is 778. The van der Waals surface area contributed by atoms with Crippen molar-refractivity contribution in [3.8, 4) is 0 Å². The molecule has 5 nitrogen and oxygen atoms in total. The van der Waals surface area contributed by atoms with Crippen LogP contribution in [0, 0.1) is 0 Å². The lowest BCUT2D eigenvalue weighted by Crippen LogP contribution is -2.27. The van der Waals surface area contributed by atoms with Crippen LogP contribution in [0.3, 0.4) is 0 Å². The summed E-state index contributed by atoms with van der Waals surface area (Å²) in [5.74, 6) is 0.0714. The zero-order valence-electron chi connectivity index (χ0n) is 16.1. The van der Waals surface area contributed by atoms with Crippen LogP contribution in [0.25, 0.3) is 0 Å². The maximum atomic E-state index is 12.4. The Morgan fingerprint density at radius 3 is 1.85 bits per heavy atom. The standard InChI is InChI=1S/C22H27N3O2/c1-23-21(26)19-9-5-17(6-10-19)15-24(2)16-18-7-11-20(12-8-18)22(27)25-13-3-4-14-25/h5-12H,3-4,13-16H2,1-2H3,(H,23,26). The van der Waals surface area contributed by atoms with Gasteiger partial charge in [-0.3, -0.25) is 14.5 Å². The first-order chi connectivity index (χ1) is 13.1. The predicted octanol–water partition coefficient (Wildman–Crippen LogP) is 2.91. The summed E-state index contributed by atoms with van der Waals surface area (Å²) in [7, 11) is 3.70. The number of benzene rings is 2. The minimum Gasteiger partial charge on any atom is -0.355 e. The highest BCUT2D eigenvalue weighted by atomic mass is 16.2.